The van der Waals surface area contributed by atoms with Gasteiger partial charge < -0.3 is 14.4 Å². The number of rotatable bonds is 6. The van der Waals surface area contributed by atoms with E-state index in [9.17, 15) is 14.7 Å². The van der Waals surface area contributed by atoms with Gasteiger partial charge in [0, 0.05) is 13.1 Å². The van der Waals surface area contributed by atoms with Crippen molar-refractivity contribution in [2.45, 2.75) is 37.9 Å². The van der Waals surface area contributed by atoms with Gasteiger partial charge >= 0.3 is 5.97 Å². The Balaban J connectivity index is 1.73. The van der Waals surface area contributed by atoms with Gasteiger partial charge in [-0.05, 0) is 43.6 Å². The minimum absolute atomic E-state index is 0.182. The molecule has 1 saturated carbocycles. The molecule has 1 aliphatic carbocycles. The van der Waals surface area contributed by atoms with Crippen LogP contribution < -0.4 is 0 Å². The first-order valence-electron chi connectivity index (χ1n) is 8.14. The molecule has 1 amide bonds. The molecule has 1 saturated heterocycles. The van der Waals surface area contributed by atoms with E-state index in [1.807, 2.05) is 12.3 Å². The number of amides is 1. The third-order valence-electron chi connectivity index (χ3n) is 4.85. The van der Waals surface area contributed by atoms with Crippen molar-refractivity contribution in [2.24, 2.45) is 11.3 Å². The van der Waals surface area contributed by atoms with Gasteiger partial charge in [0.1, 0.15) is 5.76 Å². The summed E-state index contributed by atoms with van der Waals surface area (Å²) in [6.45, 7) is 0.910. The van der Waals surface area contributed by atoms with Crippen LogP contribution in [0.3, 0.4) is 0 Å². The lowest BCUT2D eigenvalue weighted by atomic mass is 9.75. The van der Waals surface area contributed by atoms with Crippen LogP contribution in [0, 0.1) is 11.3 Å². The number of carboxylic acid groups (broad SMARTS) is 1. The van der Waals surface area contributed by atoms with Gasteiger partial charge in [-0.1, -0.05) is 12.8 Å². The van der Waals surface area contributed by atoms with Crippen molar-refractivity contribution in [1.82, 2.24) is 4.90 Å². The lowest BCUT2D eigenvalue weighted by Gasteiger charge is -2.39. The van der Waals surface area contributed by atoms with E-state index in [1.165, 1.54) is 0 Å². The summed E-state index contributed by atoms with van der Waals surface area (Å²) in [6.07, 6.45) is 6.33. The van der Waals surface area contributed by atoms with Crippen LogP contribution in [0.4, 0.5) is 0 Å². The van der Waals surface area contributed by atoms with Gasteiger partial charge in [-0.2, -0.15) is 11.8 Å². The van der Waals surface area contributed by atoms with Crippen molar-refractivity contribution >= 4 is 23.6 Å². The number of likely N-dealkylation sites (tertiary alicyclic amines) is 1. The molecule has 0 spiro atoms. The van der Waals surface area contributed by atoms with E-state index in [0.717, 1.165) is 30.8 Å². The van der Waals surface area contributed by atoms with Gasteiger partial charge in [0.15, 0.2) is 5.76 Å². The third kappa shape index (κ3) is 3.57. The summed E-state index contributed by atoms with van der Waals surface area (Å²) in [5, 5.41) is 9.75. The van der Waals surface area contributed by atoms with Crippen LogP contribution in [-0.2, 0) is 10.5 Å². The first kappa shape index (κ1) is 16.4. The second-order valence-electron chi connectivity index (χ2n) is 6.76. The summed E-state index contributed by atoms with van der Waals surface area (Å²) in [7, 11) is 0. The maximum atomic E-state index is 12.7. The first-order valence-corrected chi connectivity index (χ1v) is 9.54. The number of thioether (sulfide) groups is 1. The van der Waals surface area contributed by atoms with E-state index < -0.39 is 11.4 Å². The lowest BCUT2D eigenvalue weighted by Crippen LogP contribution is -2.50. The largest absolute Gasteiger partial charge is 0.481 e. The van der Waals surface area contributed by atoms with Gasteiger partial charge in [0.05, 0.1) is 11.2 Å². The van der Waals surface area contributed by atoms with Crippen molar-refractivity contribution in [3.8, 4) is 0 Å². The van der Waals surface area contributed by atoms with Crippen LogP contribution >= 0.6 is 11.8 Å². The standard InChI is InChI=1S/C17H23NO4S/c1-23-10-13-5-6-14(22-13)15(19)18-8-2-7-17(11-18,16(20)21)9-12-3-4-12/h5-6,12H,2-4,7-11H2,1H3,(H,20,21). The molecule has 1 N–H and O–H groups in total. The fourth-order valence-electron chi connectivity index (χ4n) is 3.48. The van der Waals surface area contributed by atoms with E-state index in [2.05, 4.69) is 0 Å². The highest BCUT2D eigenvalue weighted by Gasteiger charge is 2.47. The molecule has 2 fully saturated rings. The third-order valence-corrected chi connectivity index (χ3v) is 5.43. The molecule has 6 heteroatoms. The van der Waals surface area contributed by atoms with Crippen LogP contribution in [0.2, 0.25) is 0 Å². The monoisotopic (exact) mass is 337 g/mol. The van der Waals surface area contributed by atoms with Crippen molar-refractivity contribution in [3.05, 3.63) is 23.7 Å². The number of carboxylic acids is 1. The van der Waals surface area contributed by atoms with E-state index in [4.69, 9.17) is 4.42 Å². The Morgan fingerprint density at radius 1 is 1.43 bits per heavy atom. The van der Waals surface area contributed by atoms with Crippen LogP contribution in [0.15, 0.2) is 16.5 Å². The number of aliphatic carboxylic acids is 1. The molecule has 0 bridgehead atoms. The van der Waals surface area contributed by atoms with Gasteiger partial charge in [0.25, 0.3) is 5.91 Å². The van der Waals surface area contributed by atoms with Gasteiger partial charge in [0.2, 0.25) is 0 Å². The maximum Gasteiger partial charge on any atom is 0.311 e. The Kier molecular flexibility index (Phi) is 4.71. The summed E-state index contributed by atoms with van der Waals surface area (Å²) in [5.41, 5.74) is -0.774. The van der Waals surface area contributed by atoms with E-state index in [0.29, 0.717) is 37.6 Å². The zero-order valence-electron chi connectivity index (χ0n) is 13.4. The molecule has 2 aliphatic rings. The highest BCUT2D eigenvalue weighted by Crippen LogP contribution is 2.45. The fourth-order valence-corrected chi connectivity index (χ4v) is 3.92. The Bertz CT molecular complexity index is 595. The second-order valence-corrected chi connectivity index (χ2v) is 7.63. The minimum Gasteiger partial charge on any atom is -0.481 e. The molecule has 2 heterocycles. The van der Waals surface area contributed by atoms with Gasteiger partial charge in [-0.25, -0.2) is 0 Å². The molecule has 1 aliphatic heterocycles. The number of hydrogen-bond donors (Lipinski definition) is 1. The SMILES string of the molecule is CSCc1ccc(C(=O)N2CCCC(CC3CC3)(C(=O)O)C2)o1. The Labute approximate surface area is 140 Å². The predicted molar refractivity (Wildman–Crippen MR) is 88.5 cm³/mol. The highest BCUT2D eigenvalue weighted by molar-refractivity contribution is 7.97. The quantitative estimate of drug-likeness (QED) is 0.863. The molecular weight excluding hydrogens is 314 g/mol. The smallest absolute Gasteiger partial charge is 0.311 e. The Morgan fingerprint density at radius 3 is 2.87 bits per heavy atom. The topological polar surface area (TPSA) is 70.8 Å². The van der Waals surface area contributed by atoms with Crippen LogP contribution in [0.25, 0.3) is 0 Å². The van der Waals surface area contributed by atoms with E-state index in [1.54, 1.807) is 22.7 Å². The number of nitrogens with zero attached hydrogens (tertiary/aromatic N) is 1. The Morgan fingerprint density at radius 2 is 2.22 bits per heavy atom. The normalized spacial score (nSPS) is 24.7. The predicted octanol–water partition coefficient (Wildman–Crippen LogP) is 3.25. The zero-order valence-corrected chi connectivity index (χ0v) is 14.2. The molecule has 5 nitrogen and oxygen atoms in total. The molecule has 1 atom stereocenters. The number of carbonyl (C=O) groups excluding carboxylic acids is 1. The van der Waals surface area contributed by atoms with Crippen molar-refractivity contribution < 1.29 is 19.1 Å². The zero-order chi connectivity index (χ0) is 16.4. The second kappa shape index (κ2) is 6.59. The Hall–Kier alpha value is -1.43. The average Bonchev–Trinajstić information content (AvgIpc) is 3.22. The van der Waals surface area contributed by atoms with E-state index >= 15 is 0 Å². The van der Waals surface area contributed by atoms with Crippen LogP contribution in [0.5, 0.6) is 0 Å². The van der Waals surface area contributed by atoms with Crippen LogP contribution in [-0.4, -0.2) is 41.2 Å². The van der Waals surface area contributed by atoms with Gasteiger partial charge in [-0.15, -0.1) is 0 Å². The lowest BCUT2D eigenvalue weighted by molar-refractivity contribution is -0.152. The molecule has 1 unspecified atom stereocenters. The highest BCUT2D eigenvalue weighted by atomic mass is 32.2. The molecule has 0 aromatic carbocycles. The molecule has 1 aromatic rings. The number of piperidine rings is 1. The van der Waals surface area contributed by atoms with Crippen molar-refractivity contribution in [2.75, 3.05) is 19.3 Å². The number of furan rings is 1. The molecule has 3 rings (SSSR count). The maximum absolute atomic E-state index is 12.7. The average molecular weight is 337 g/mol. The molecule has 23 heavy (non-hydrogen) atoms. The summed E-state index contributed by atoms with van der Waals surface area (Å²) in [4.78, 5) is 26.2. The van der Waals surface area contributed by atoms with E-state index in [-0.39, 0.29) is 5.91 Å². The summed E-state index contributed by atoms with van der Waals surface area (Å²) in [5.74, 6) is 1.41. The number of carbonyl (C=O) groups is 2. The summed E-state index contributed by atoms with van der Waals surface area (Å²) in [6, 6.07) is 3.52. The molecule has 1 aromatic heterocycles. The van der Waals surface area contributed by atoms with Crippen molar-refractivity contribution in [3.63, 3.8) is 0 Å². The molecule has 0 radical (unpaired) electrons. The minimum atomic E-state index is -0.774. The van der Waals surface area contributed by atoms with Crippen LogP contribution in [0.1, 0.15) is 48.4 Å². The molecular formula is C17H23NO4S. The number of hydrogen-bond acceptors (Lipinski definition) is 4. The first-order chi connectivity index (χ1) is 11.0. The molecule has 126 valence electrons. The summed E-state index contributed by atoms with van der Waals surface area (Å²) >= 11 is 1.64. The van der Waals surface area contributed by atoms with Gasteiger partial charge in [-0.3, -0.25) is 9.59 Å². The summed E-state index contributed by atoms with van der Waals surface area (Å²) < 4.78 is 5.60. The fraction of sp³-hybridized carbons (Fsp3) is 0.647. The van der Waals surface area contributed by atoms with Crippen molar-refractivity contribution in [1.29, 1.82) is 0 Å².